The maximum Gasteiger partial charge on any atom is 0.416 e. The van der Waals surface area contributed by atoms with Gasteiger partial charge in [0.2, 0.25) is 0 Å². The Hall–Kier alpha value is -2.20. The third-order valence-electron chi connectivity index (χ3n) is 5.45. The van der Waals surface area contributed by atoms with E-state index in [1.807, 2.05) is 0 Å². The molecule has 0 aliphatic heterocycles. The van der Waals surface area contributed by atoms with Crippen LogP contribution >= 0.6 is 0 Å². The van der Waals surface area contributed by atoms with Gasteiger partial charge in [0.05, 0.1) is 5.56 Å². The summed E-state index contributed by atoms with van der Waals surface area (Å²) in [6, 6.07) is 4.21. The summed E-state index contributed by atoms with van der Waals surface area (Å²) in [7, 11) is 3.78. The molecule has 0 N–H and O–H groups in total. The van der Waals surface area contributed by atoms with Crippen LogP contribution in [-0.2, 0) is 6.18 Å². The Bertz CT molecular complexity index is 730. The highest BCUT2D eigenvalue weighted by molar-refractivity contribution is 5.70. The summed E-state index contributed by atoms with van der Waals surface area (Å²) >= 11 is 0. The maximum absolute atomic E-state index is 12.6. The Morgan fingerprint density at radius 3 is 2.30 bits per heavy atom. The van der Waals surface area contributed by atoms with E-state index in [0.29, 0.717) is 5.92 Å². The molecular formula is C23H31F3N2O2. The van der Waals surface area contributed by atoms with Crippen LogP contribution in [0.15, 0.2) is 24.3 Å². The van der Waals surface area contributed by atoms with Crippen molar-refractivity contribution in [2.45, 2.75) is 57.7 Å². The Morgan fingerprint density at radius 2 is 1.73 bits per heavy atom. The smallest absolute Gasteiger partial charge is 0.410 e. The fourth-order valence-corrected chi connectivity index (χ4v) is 3.60. The summed E-state index contributed by atoms with van der Waals surface area (Å²) in [4.78, 5) is 16.2. The average Bonchev–Trinajstić information content (AvgIpc) is 2.71. The predicted molar refractivity (Wildman–Crippen MR) is 111 cm³/mol. The molecule has 1 amide bonds. The number of nitrogens with zero attached hydrogens (tertiary/aromatic N) is 2. The lowest BCUT2D eigenvalue weighted by Crippen LogP contribution is -2.40. The van der Waals surface area contributed by atoms with Crippen LogP contribution in [0, 0.1) is 17.8 Å². The molecule has 7 heteroatoms. The number of alkyl halides is 3. The Balaban J connectivity index is 1.77. The van der Waals surface area contributed by atoms with Gasteiger partial charge in [-0.15, -0.1) is 5.92 Å². The van der Waals surface area contributed by atoms with E-state index < -0.39 is 17.8 Å². The zero-order valence-electron chi connectivity index (χ0n) is 18.0. The molecule has 1 aliphatic carbocycles. The second kappa shape index (κ2) is 11.3. The molecule has 0 atom stereocenters. The molecule has 0 aromatic heterocycles. The summed E-state index contributed by atoms with van der Waals surface area (Å²) in [5.74, 6) is 7.11. The first kappa shape index (κ1) is 24.1. The van der Waals surface area contributed by atoms with Crippen molar-refractivity contribution in [1.29, 1.82) is 0 Å². The maximum atomic E-state index is 12.6. The minimum atomic E-state index is -4.41. The second-order valence-electron chi connectivity index (χ2n) is 7.88. The standard InChI is InChI=1S/C23H31F3N2O2/c1-4-16-27(2)17-6-5-7-18-8-12-20(13-9-18)28(3)22(29)30-21-14-10-19(11-15-21)23(24,25)26/h10-11,14-15,18,20H,4,6,8-9,12-13,16-17H2,1-3H3/t18-,20-. The van der Waals surface area contributed by atoms with Gasteiger partial charge in [-0.3, -0.25) is 0 Å². The highest BCUT2D eigenvalue weighted by Crippen LogP contribution is 2.31. The van der Waals surface area contributed by atoms with Crippen molar-refractivity contribution in [2.75, 3.05) is 27.2 Å². The third kappa shape index (κ3) is 7.56. The number of carbonyl (C=O) groups excluding carboxylic acids is 1. The van der Waals surface area contributed by atoms with Crippen molar-refractivity contribution < 1.29 is 22.7 Å². The van der Waals surface area contributed by atoms with E-state index in [9.17, 15) is 18.0 Å². The van der Waals surface area contributed by atoms with Gasteiger partial charge in [-0.05, 0) is 70.0 Å². The summed E-state index contributed by atoms with van der Waals surface area (Å²) in [6.45, 7) is 4.23. The predicted octanol–water partition coefficient (Wildman–Crippen LogP) is 5.43. The molecule has 30 heavy (non-hydrogen) atoms. The van der Waals surface area contributed by atoms with Crippen molar-refractivity contribution in [3.05, 3.63) is 29.8 Å². The van der Waals surface area contributed by atoms with Crippen LogP contribution in [0.25, 0.3) is 0 Å². The minimum Gasteiger partial charge on any atom is -0.410 e. The van der Waals surface area contributed by atoms with E-state index in [2.05, 4.69) is 30.7 Å². The van der Waals surface area contributed by atoms with Crippen LogP contribution < -0.4 is 4.74 Å². The number of hydrogen-bond acceptors (Lipinski definition) is 3. The molecule has 1 fully saturated rings. The Morgan fingerprint density at radius 1 is 1.10 bits per heavy atom. The lowest BCUT2D eigenvalue weighted by Gasteiger charge is -2.32. The number of benzene rings is 1. The number of amides is 1. The van der Waals surface area contributed by atoms with Crippen LogP contribution in [0.4, 0.5) is 18.0 Å². The van der Waals surface area contributed by atoms with E-state index in [4.69, 9.17) is 4.74 Å². The molecule has 0 saturated heterocycles. The first-order chi connectivity index (χ1) is 14.2. The molecule has 1 saturated carbocycles. The summed E-state index contributed by atoms with van der Waals surface area (Å²) in [5, 5.41) is 0. The zero-order valence-corrected chi connectivity index (χ0v) is 18.0. The number of carbonyl (C=O) groups is 1. The van der Waals surface area contributed by atoms with Gasteiger partial charge >= 0.3 is 12.3 Å². The van der Waals surface area contributed by atoms with Crippen LogP contribution in [0.1, 0.15) is 51.0 Å². The first-order valence-electron chi connectivity index (χ1n) is 10.5. The molecule has 1 aromatic rings. The monoisotopic (exact) mass is 424 g/mol. The molecule has 0 radical (unpaired) electrons. The largest absolute Gasteiger partial charge is 0.416 e. The van der Waals surface area contributed by atoms with Crippen molar-refractivity contribution in [2.24, 2.45) is 5.92 Å². The topological polar surface area (TPSA) is 32.8 Å². The van der Waals surface area contributed by atoms with Crippen LogP contribution in [0.3, 0.4) is 0 Å². The molecule has 2 rings (SSSR count). The Labute approximate surface area is 177 Å². The fraction of sp³-hybridized carbons (Fsp3) is 0.609. The van der Waals surface area contributed by atoms with E-state index in [1.54, 1.807) is 11.9 Å². The Kier molecular flexibility index (Phi) is 9.04. The van der Waals surface area contributed by atoms with Gasteiger partial charge in [-0.2, -0.15) is 13.2 Å². The van der Waals surface area contributed by atoms with Gasteiger partial charge in [-0.25, -0.2) is 4.79 Å². The molecule has 166 valence electrons. The van der Waals surface area contributed by atoms with Gasteiger partial charge in [0, 0.05) is 32.0 Å². The van der Waals surface area contributed by atoms with Crippen molar-refractivity contribution in [1.82, 2.24) is 9.80 Å². The van der Waals surface area contributed by atoms with Crippen LogP contribution in [0.2, 0.25) is 0 Å². The fourth-order valence-electron chi connectivity index (χ4n) is 3.60. The van der Waals surface area contributed by atoms with Crippen molar-refractivity contribution >= 4 is 6.09 Å². The van der Waals surface area contributed by atoms with E-state index in [1.165, 1.54) is 12.1 Å². The molecule has 1 aliphatic rings. The number of halogens is 3. The van der Waals surface area contributed by atoms with Gasteiger partial charge < -0.3 is 14.5 Å². The SMILES string of the molecule is CCCN(C)CCC#C[C@H]1CC[C@H](N(C)C(=O)Oc2ccc(C(F)(F)F)cc2)CC1. The van der Waals surface area contributed by atoms with Gasteiger partial charge in [-0.1, -0.05) is 12.8 Å². The third-order valence-corrected chi connectivity index (χ3v) is 5.45. The number of rotatable bonds is 6. The average molecular weight is 425 g/mol. The minimum absolute atomic E-state index is 0.0562. The van der Waals surface area contributed by atoms with Crippen molar-refractivity contribution in [3.8, 4) is 17.6 Å². The molecule has 0 unspecified atom stereocenters. The summed E-state index contributed by atoms with van der Waals surface area (Å²) in [5.41, 5.74) is -0.771. The van der Waals surface area contributed by atoms with Gasteiger partial charge in [0.15, 0.2) is 0 Å². The van der Waals surface area contributed by atoms with Crippen molar-refractivity contribution in [3.63, 3.8) is 0 Å². The first-order valence-corrected chi connectivity index (χ1v) is 10.5. The molecule has 1 aromatic carbocycles. The van der Waals surface area contributed by atoms with Gasteiger partial charge in [0.1, 0.15) is 5.75 Å². The van der Waals surface area contributed by atoms with E-state index in [0.717, 1.165) is 63.7 Å². The number of ether oxygens (including phenoxy) is 1. The van der Waals surface area contributed by atoms with Gasteiger partial charge in [0.25, 0.3) is 0 Å². The highest BCUT2D eigenvalue weighted by Gasteiger charge is 2.30. The van der Waals surface area contributed by atoms with E-state index >= 15 is 0 Å². The summed E-state index contributed by atoms with van der Waals surface area (Å²) in [6.07, 6.45) is 0.593. The van der Waals surface area contributed by atoms with Crippen LogP contribution in [0.5, 0.6) is 5.75 Å². The second-order valence-corrected chi connectivity index (χ2v) is 7.88. The normalized spacial score (nSPS) is 19.2. The lowest BCUT2D eigenvalue weighted by molar-refractivity contribution is -0.137. The molecule has 4 nitrogen and oxygen atoms in total. The number of hydrogen-bond donors (Lipinski definition) is 0. The zero-order chi connectivity index (χ0) is 22.1. The molecule has 0 heterocycles. The lowest BCUT2D eigenvalue weighted by atomic mass is 9.86. The highest BCUT2D eigenvalue weighted by atomic mass is 19.4. The quantitative estimate of drug-likeness (QED) is 0.571. The molecular weight excluding hydrogens is 393 g/mol. The molecule has 0 bridgehead atoms. The van der Waals surface area contributed by atoms with Crippen LogP contribution in [-0.4, -0.2) is 49.1 Å². The summed E-state index contributed by atoms with van der Waals surface area (Å²) < 4.78 is 43.1. The van der Waals surface area contributed by atoms with E-state index in [-0.39, 0.29) is 11.8 Å². The molecule has 0 spiro atoms.